The summed E-state index contributed by atoms with van der Waals surface area (Å²) < 4.78 is 11.6. The SMILES string of the molecule is O=C(O)c1ccc(COc2cccc(I)c2)o1. The van der Waals surface area contributed by atoms with Crippen LogP contribution in [0.25, 0.3) is 0 Å². The van der Waals surface area contributed by atoms with Gasteiger partial charge in [-0.25, -0.2) is 4.79 Å². The minimum absolute atomic E-state index is 0.0776. The number of carbonyl (C=O) groups is 1. The Bertz CT molecular complexity index is 533. The zero-order chi connectivity index (χ0) is 12.3. The van der Waals surface area contributed by atoms with Crippen molar-refractivity contribution in [2.75, 3.05) is 0 Å². The van der Waals surface area contributed by atoms with Gasteiger partial charge in [-0.15, -0.1) is 0 Å². The molecule has 2 aromatic rings. The number of aromatic carboxylic acids is 1. The van der Waals surface area contributed by atoms with E-state index in [2.05, 4.69) is 22.6 Å². The van der Waals surface area contributed by atoms with Crippen LogP contribution >= 0.6 is 22.6 Å². The van der Waals surface area contributed by atoms with Gasteiger partial charge < -0.3 is 14.3 Å². The van der Waals surface area contributed by atoms with Crippen molar-refractivity contribution in [3.05, 3.63) is 51.5 Å². The Morgan fingerprint density at radius 2 is 2.18 bits per heavy atom. The number of halogens is 1. The Morgan fingerprint density at radius 1 is 1.35 bits per heavy atom. The third-order valence-corrected chi connectivity index (χ3v) is 2.72. The largest absolute Gasteiger partial charge is 0.486 e. The minimum atomic E-state index is -1.08. The Morgan fingerprint density at radius 3 is 2.82 bits per heavy atom. The van der Waals surface area contributed by atoms with Gasteiger partial charge in [-0.1, -0.05) is 6.07 Å². The molecule has 0 amide bonds. The van der Waals surface area contributed by atoms with Crippen molar-refractivity contribution in [1.29, 1.82) is 0 Å². The molecule has 1 N–H and O–H groups in total. The van der Waals surface area contributed by atoms with E-state index in [1.165, 1.54) is 6.07 Å². The van der Waals surface area contributed by atoms with Gasteiger partial charge in [0.05, 0.1) is 0 Å². The lowest BCUT2D eigenvalue weighted by Gasteiger charge is -2.03. The van der Waals surface area contributed by atoms with E-state index in [1.807, 2.05) is 24.3 Å². The molecule has 5 heteroatoms. The average molecular weight is 344 g/mol. The van der Waals surface area contributed by atoms with E-state index in [0.717, 1.165) is 9.32 Å². The van der Waals surface area contributed by atoms with Gasteiger partial charge in [0.25, 0.3) is 0 Å². The van der Waals surface area contributed by atoms with Crippen LogP contribution in [0, 0.1) is 3.57 Å². The lowest BCUT2D eigenvalue weighted by molar-refractivity contribution is 0.0658. The van der Waals surface area contributed by atoms with Crippen molar-refractivity contribution < 1.29 is 19.1 Å². The van der Waals surface area contributed by atoms with Crippen LogP contribution in [-0.2, 0) is 6.61 Å². The minimum Gasteiger partial charge on any atom is -0.486 e. The van der Waals surface area contributed by atoms with Crippen molar-refractivity contribution in [2.45, 2.75) is 6.61 Å². The van der Waals surface area contributed by atoms with Crippen molar-refractivity contribution in [3.8, 4) is 5.75 Å². The van der Waals surface area contributed by atoms with E-state index in [1.54, 1.807) is 6.07 Å². The van der Waals surface area contributed by atoms with Gasteiger partial charge in [-0.05, 0) is 52.9 Å². The second-order valence-corrected chi connectivity index (χ2v) is 4.56. The molecule has 0 bridgehead atoms. The summed E-state index contributed by atoms with van der Waals surface area (Å²) in [6.45, 7) is 0.216. The van der Waals surface area contributed by atoms with Crippen LogP contribution in [0.5, 0.6) is 5.75 Å². The maximum Gasteiger partial charge on any atom is 0.371 e. The lowest BCUT2D eigenvalue weighted by atomic mass is 10.3. The van der Waals surface area contributed by atoms with Gasteiger partial charge in [0.15, 0.2) is 0 Å². The van der Waals surface area contributed by atoms with Gasteiger partial charge in [-0.3, -0.25) is 0 Å². The van der Waals surface area contributed by atoms with Crippen molar-refractivity contribution in [3.63, 3.8) is 0 Å². The molecule has 0 unspecified atom stereocenters. The first-order valence-corrected chi connectivity index (χ1v) is 5.93. The summed E-state index contributed by atoms with van der Waals surface area (Å²) in [5, 5.41) is 8.68. The Hall–Kier alpha value is -1.50. The number of ether oxygens (including phenoxy) is 1. The molecule has 4 nitrogen and oxygen atoms in total. The fourth-order valence-electron chi connectivity index (χ4n) is 1.28. The predicted molar refractivity (Wildman–Crippen MR) is 69.2 cm³/mol. The Kier molecular flexibility index (Phi) is 3.68. The van der Waals surface area contributed by atoms with E-state index < -0.39 is 5.97 Å². The highest BCUT2D eigenvalue weighted by Gasteiger charge is 2.09. The van der Waals surface area contributed by atoms with Crippen LogP contribution in [0.15, 0.2) is 40.8 Å². The molecule has 0 aliphatic heterocycles. The van der Waals surface area contributed by atoms with E-state index in [4.69, 9.17) is 14.3 Å². The van der Waals surface area contributed by atoms with Crippen LogP contribution in [-0.4, -0.2) is 11.1 Å². The van der Waals surface area contributed by atoms with Gasteiger partial charge in [-0.2, -0.15) is 0 Å². The molecule has 0 radical (unpaired) electrons. The van der Waals surface area contributed by atoms with E-state index in [-0.39, 0.29) is 12.4 Å². The molecule has 0 aliphatic rings. The van der Waals surface area contributed by atoms with Gasteiger partial charge in [0, 0.05) is 3.57 Å². The van der Waals surface area contributed by atoms with Crippen LogP contribution in [0.4, 0.5) is 0 Å². The standard InChI is InChI=1S/C12H9IO4/c13-8-2-1-3-9(6-8)16-7-10-4-5-11(17-10)12(14)15/h1-6H,7H2,(H,14,15). The molecule has 0 aliphatic carbocycles. The first-order chi connectivity index (χ1) is 8.15. The summed E-state index contributed by atoms with van der Waals surface area (Å²) in [5.74, 6) is 0.0585. The highest BCUT2D eigenvalue weighted by molar-refractivity contribution is 14.1. The van der Waals surface area contributed by atoms with E-state index >= 15 is 0 Å². The monoisotopic (exact) mass is 344 g/mol. The number of hydrogen-bond acceptors (Lipinski definition) is 3. The van der Waals surface area contributed by atoms with Crippen LogP contribution < -0.4 is 4.74 Å². The summed E-state index contributed by atoms with van der Waals surface area (Å²) in [6, 6.07) is 10.6. The first-order valence-electron chi connectivity index (χ1n) is 4.85. The fraction of sp³-hybridized carbons (Fsp3) is 0.0833. The smallest absolute Gasteiger partial charge is 0.371 e. The summed E-state index contributed by atoms with van der Waals surface area (Å²) in [7, 11) is 0. The van der Waals surface area contributed by atoms with Gasteiger partial charge in [0.2, 0.25) is 5.76 Å². The highest BCUT2D eigenvalue weighted by Crippen LogP contribution is 2.17. The molecule has 0 atom stereocenters. The van der Waals surface area contributed by atoms with E-state index in [0.29, 0.717) is 5.76 Å². The molecule has 2 rings (SSSR count). The van der Waals surface area contributed by atoms with Crippen molar-refractivity contribution in [1.82, 2.24) is 0 Å². The zero-order valence-corrected chi connectivity index (χ0v) is 10.9. The molecule has 17 heavy (non-hydrogen) atoms. The maximum absolute atomic E-state index is 10.6. The summed E-state index contributed by atoms with van der Waals surface area (Å²) in [4.78, 5) is 10.6. The summed E-state index contributed by atoms with van der Waals surface area (Å²) in [6.07, 6.45) is 0. The number of carboxylic acid groups (broad SMARTS) is 1. The third-order valence-electron chi connectivity index (χ3n) is 2.05. The molecular weight excluding hydrogens is 335 g/mol. The average Bonchev–Trinajstić information content (AvgIpc) is 2.75. The number of benzene rings is 1. The lowest BCUT2D eigenvalue weighted by Crippen LogP contribution is -1.95. The highest BCUT2D eigenvalue weighted by atomic mass is 127. The number of rotatable bonds is 4. The maximum atomic E-state index is 10.6. The first kappa shape index (κ1) is 12.0. The third kappa shape index (κ3) is 3.23. The molecule has 88 valence electrons. The number of furan rings is 1. The Labute approximate surface area is 111 Å². The fourth-order valence-corrected chi connectivity index (χ4v) is 1.80. The second kappa shape index (κ2) is 5.22. The van der Waals surface area contributed by atoms with E-state index in [9.17, 15) is 4.79 Å². The summed E-state index contributed by atoms with van der Waals surface area (Å²) >= 11 is 2.19. The quantitative estimate of drug-likeness (QED) is 0.866. The van der Waals surface area contributed by atoms with Gasteiger partial charge >= 0.3 is 5.97 Å². The van der Waals surface area contributed by atoms with Crippen molar-refractivity contribution in [2.24, 2.45) is 0 Å². The Balaban J connectivity index is 2.00. The van der Waals surface area contributed by atoms with Crippen LogP contribution in [0.3, 0.4) is 0 Å². The molecule has 1 aromatic heterocycles. The topological polar surface area (TPSA) is 59.7 Å². The molecule has 1 aromatic carbocycles. The molecule has 0 saturated carbocycles. The molecular formula is C12H9IO4. The second-order valence-electron chi connectivity index (χ2n) is 3.32. The normalized spacial score (nSPS) is 10.2. The zero-order valence-electron chi connectivity index (χ0n) is 8.72. The predicted octanol–water partition coefficient (Wildman–Crippen LogP) is 3.16. The molecule has 0 saturated heterocycles. The molecule has 0 spiro atoms. The summed E-state index contributed by atoms with van der Waals surface area (Å²) in [5.41, 5.74) is 0. The number of carboxylic acids is 1. The van der Waals surface area contributed by atoms with Crippen LogP contribution in [0.1, 0.15) is 16.3 Å². The number of hydrogen-bond donors (Lipinski definition) is 1. The van der Waals surface area contributed by atoms with Crippen LogP contribution in [0.2, 0.25) is 0 Å². The molecule has 1 heterocycles. The molecule has 0 fully saturated rings. The van der Waals surface area contributed by atoms with Crippen molar-refractivity contribution >= 4 is 28.6 Å². The van der Waals surface area contributed by atoms with Gasteiger partial charge in [0.1, 0.15) is 18.1 Å².